The molecule has 1 fully saturated rings. The largest absolute Gasteiger partial charge is 0.367 e. The standard InChI is InChI=1S/C16H18N6/c1-4-18-15-9-20-14(5-11(1)15)8-19-12-6-13(7-12)22-16-2-3-17-10-21-16/h1-5,9-10,12-13,18-19H,6-8H2,(H,17,21,22). The van der Waals surface area contributed by atoms with Gasteiger partial charge in [-0.1, -0.05) is 0 Å². The van der Waals surface area contributed by atoms with Gasteiger partial charge < -0.3 is 15.6 Å². The van der Waals surface area contributed by atoms with Crippen LogP contribution >= 0.6 is 0 Å². The third-order valence-corrected chi connectivity index (χ3v) is 4.14. The number of nitrogens with one attached hydrogen (secondary N) is 3. The van der Waals surface area contributed by atoms with Crippen molar-refractivity contribution >= 4 is 16.7 Å². The molecule has 1 aliphatic rings. The van der Waals surface area contributed by atoms with Crippen LogP contribution in [0.4, 0.5) is 5.82 Å². The average Bonchev–Trinajstić information content (AvgIpc) is 2.98. The number of nitrogens with zero attached hydrogens (tertiary/aromatic N) is 3. The van der Waals surface area contributed by atoms with Crippen LogP contribution < -0.4 is 10.6 Å². The van der Waals surface area contributed by atoms with Gasteiger partial charge in [-0.2, -0.15) is 0 Å². The second kappa shape index (κ2) is 5.73. The van der Waals surface area contributed by atoms with Crippen LogP contribution in [0.25, 0.3) is 10.9 Å². The quantitative estimate of drug-likeness (QED) is 0.671. The Morgan fingerprint density at radius 2 is 2.14 bits per heavy atom. The van der Waals surface area contributed by atoms with Gasteiger partial charge in [-0.15, -0.1) is 0 Å². The molecule has 3 heterocycles. The Labute approximate surface area is 128 Å². The predicted octanol–water partition coefficient (Wildman–Crippen LogP) is 2.09. The van der Waals surface area contributed by atoms with E-state index in [9.17, 15) is 0 Å². The number of aromatic amines is 1. The van der Waals surface area contributed by atoms with Crippen LogP contribution in [0.1, 0.15) is 18.5 Å². The van der Waals surface area contributed by atoms with Crippen LogP contribution in [-0.4, -0.2) is 32.0 Å². The summed E-state index contributed by atoms with van der Waals surface area (Å²) < 4.78 is 0. The zero-order valence-electron chi connectivity index (χ0n) is 12.2. The molecule has 0 aromatic carbocycles. The topological polar surface area (TPSA) is 78.5 Å². The van der Waals surface area contributed by atoms with Crippen LogP contribution in [0.3, 0.4) is 0 Å². The summed E-state index contributed by atoms with van der Waals surface area (Å²) in [5.41, 5.74) is 2.17. The van der Waals surface area contributed by atoms with Gasteiger partial charge in [0, 0.05) is 36.4 Å². The van der Waals surface area contributed by atoms with Gasteiger partial charge in [0.1, 0.15) is 12.1 Å². The van der Waals surface area contributed by atoms with E-state index in [1.165, 1.54) is 5.39 Å². The fourth-order valence-electron chi connectivity index (χ4n) is 2.83. The molecule has 22 heavy (non-hydrogen) atoms. The minimum absolute atomic E-state index is 0.493. The maximum absolute atomic E-state index is 4.47. The van der Waals surface area contributed by atoms with E-state index in [1.807, 2.05) is 18.5 Å². The highest BCUT2D eigenvalue weighted by Crippen LogP contribution is 2.23. The Hall–Kier alpha value is -2.47. The van der Waals surface area contributed by atoms with E-state index in [2.05, 4.69) is 42.7 Å². The van der Waals surface area contributed by atoms with Crippen LogP contribution in [0.15, 0.2) is 43.1 Å². The summed E-state index contributed by atoms with van der Waals surface area (Å²) in [7, 11) is 0. The third-order valence-electron chi connectivity index (χ3n) is 4.14. The molecule has 0 bridgehead atoms. The van der Waals surface area contributed by atoms with Crippen molar-refractivity contribution in [3.05, 3.63) is 48.8 Å². The average molecular weight is 294 g/mol. The van der Waals surface area contributed by atoms with E-state index in [4.69, 9.17) is 0 Å². The van der Waals surface area contributed by atoms with E-state index in [-0.39, 0.29) is 0 Å². The lowest BCUT2D eigenvalue weighted by molar-refractivity contribution is 0.306. The van der Waals surface area contributed by atoms with Gasteiger partial charge in [0.25, 0.3) is 0 Å². The summed E-state index contributed by atoms with van der Waals surface area (Å²) in [5, 5.41) is 8.19. The molecular formula is C16H18N6. The second-order valence-corrected chi connectivity index (χ2v) is 5.73. The summed E-state index contributed by atoms with van der Waals surface area (Å²) in [5.74, 6) is 0.901. The van der Waals surface area contributed by atoms with Gasteiger partial charge in [-0.25, -0.2) is 9.97 Å². The van der Waals surface area contributed by atoms with Gasteiger partial charge in [-0.3, -0.25) is 4.98 Å². The minimum atomic E-state index is 0.493. The Kier molecular flexibility index (Phi) is 3.44. The molecule has 1 saturated carbocycles. The fourth-order valence-corrected chi connectivity index (χ4v) is 2.83. The molecule has 0 spiro atoms. The molecule has 0 radical (unpaired) electrons. The number of hydrogen-bond acceptors (Lipinski definition) is 5. The molecule has 0 unspecified atom stereocenters. The molecule has 3 aromatic heterocycles. The summed E-state index contributed by atoms with van der Waals surface area (Å²) in [6.45, 7) is 0.812. The number of hydrogen-bond donors (Lipinski definition) is 3. The highest BCUT2D eigenvalue weighted by atomic mass is 15.1. The molecule has 112 valence electrons. The molecule has 0 aliphatic heterocycles. The van der Waals surface area contributed by atoms with E-state index >= 15 is 0 Å². The molecule has 6 heteroatoms. The molecule has 3 aromatic rings. The lowest BCUT2D eigenvalue weighted by Crippen LogP contribution is -2.47. The van der Waals surface area contributed by atoms with Gasteiger partial charge in [0.2, 0.25) is 0 Å². The Morgan fingerprint density at radius 3 is 3.00 bits per heavy atom. The van der Waals surface area contributed by atoms with Gasteiger partial charge in [-0.05, 0) is 31.0 Å². The van der Waals surface area contributed by atoms with Crippen molar-refractivity contribution in [1.29, 1.82) is 0 Å². The van der Waals surface area contributed by atoms with Crippen molar-refractivity contribution < 1.29 is 0 Å². The van der Waals surface area contributed by atoms with Crippen LogP contribution in [0.2, 0.25) is 0 Å². The van der Waals surface area contributed by atoms with Gasteiger partial charge >= 0.3 is 0 Å². The summed E-state index contributed by atoms with van der Waals surface area (Å²) in [6, 6.07) is 7.15. The Bertz CT molecular complexity index is 747. The Morgan fingerprint density at radius 1 is 1.18 bits per heavy atom. The van der Waals surface area contributed by atoms with Crippen molar-refractivity contribution in [2.45, 2.75) is 31.5 Å². The predicted molar refractivity (Wildman–Crippen MR) is 85.4 cm³/mol. The van der Waals surface area contributed by atoms with Crippen molar-refractivity contribution in [3.8, 4) is 0 Å². The summed E-state index contributed by atoms with van der Waals surface area (Å²) in [6.07, 6.45) is 9.38. The maximum atomic E-state index is 4.47. The molecule has 6 nitrogen and oxygen atoms in total. The first-order valence-corrected chi connectivity index (χ1v) is 7.55. The number of fused-ring (bicyclic) bond motifs is 1. The van der Waals surface area contributed by atoms with E-state index < -0.39 is 0 Å². The molecule has 1 aliphatic carbocycles. The molecule has 0 atom stereocenters. The van der Waals surface area contributed by atoms with Crippen molar-refractivity contribution in [1.82, 2.24) is 25.3 Å². The van der Waals surface area contributed by atoms with Crippen molar-refractivity contribution in [2.24, 2.45) is 0 Å². The highest BCUT2D eigenvalue weighted by Gasteiger charge is 2.28. The number of rotatable bonds is 5. The zero-order chi connectivity index (χ0) is 14.8. The monoisotopic (exact) mass is 294 g/mol. The smallest absolute Gasteiger partial charge is 0.129 e. The number of H-pyrrole nitrogens is 1. The van der Waals surface area contributed by atoms with Gasteiger partial charge in [0.05, 0.1) is 17.4 Å². The SMILES string of the molecule is c1cc(NC2CC(NCc3cc4cc[nH]c4cn3)C2)ncn1. The van der Waals surface area contributed by atoms with E-state index in [1.54, 1.807) is 12.5 Å². The van der Waals surface area contributed by atoms with Crippen molar-refractivity contribution in [3.63, 3.8) is 0 Å². The second-order valence-electron chi connectivity index (χ2n) is 5.73. The van der Waals surface area contributed by atoms with Crippen LogP contribution in [-0.2, 0) is 6.54 Å². The first-order valence-electron chi connectivity index (χ1n) is 7.55. The maximum Gasteiger partial charge on any atom is 0.129 e. The van der Waals surface area contributed by atoms with Gasteiger partial charge in [0.15, 0.2) is 0 Å². The van der Waals surface area contributed by atoms with Crippen LogP contribution in [0.5, 0.6) is 0 Å². The molecule has 3 N–H and O–H groups in total. The lowest BCUT2D eigenvalue weighted by atomic mass is 9.86. The molecule has 0 amide bonds. The number of aromatic nitrogens is 4. The minimum Gasteiger partial charge on any atom is -0.367 e. The normalized spacial score (nSPS) is 20.7. The highest BCUT2D eigenvalue weighted by molar-refractivity contribution is 5.78. The third kappa shape index (κ3) is 2.78. The molecule has 4 rings (SSSR count). The van der Waals surface area contributed by atoms with Crippen LogP contribution in [0, 0.1) is 0 Å². The van der Waals surface area contributed by atoms with E-state index in [0.717, 1.165) is 36.4 Å². The number of pyridine rings is 1. The molecular weight excluding hydrogens is 276 g/mol. The van der Waals surface area contributed by atoms with E-state index in [0.29, 0.717) is 12.1 Å². The summed E-state index contributed by atoms with van der Waals surface area (Å²) in [4.78, 5) is 15.7. The Balaban J connectivity index is 1.26. The molecule has 0 saturated heterocycles. The first-order chi connectivity index (χ1) is 10.9. The fraction of sp³-hybridized carbons (Fsp3) is 0.312. The number of anilines is 1. The lowest BCUT2D eigenvalue weighted by Gasteiger charge is -2.36. The van der Waals surface area contributed by atoms with Crippen molar-refractivity contribution in [2.75, 3.05) is 5.32 Å². The summed E-state index contributed by atoms with van der Waals surface area (Å²) >= 11 is 0. The zero-order valence-corrected chi connectivity index (χ0v) is 12.2. The first kappa shape index (κ1) is 13.2.